The van der Waals surface area contributed by atoms with E-state index < -0.39 is 5.60 Å². The lowest BCUT2D eigenvalue weighted by molar-refractivity contribution is -0.117. The monoisotopic (exact) mass is 280 g/mol. The zero-order valence-electron chi connectivity index (χ0n) is 12.0. The van der Waals surface area contributed by atoms with E-state index in [1.807, 2.05) is 0 Å². The van der Waals surface area contributed by atoms with E-state index in [1.165, 1.54) is 0 Å². The number of likely N-dealkylation sites (N-methyl/N-ethyl adjacent to an activating group) is 1. The summed E-state index contributed by atoms with van der Waals surface area (Å²) in [5, 5.41) is 12.5. The molecule has 1 aliphatic heterocycles. The van der Waals surface area contributed by atoms with Crippen molar-refractivity contribution in [3.8, 4) is 11.5 Å². The van der Waals surface area contributed by atoms with E-state index in [2.05, 4.69) is 5.32 Å². The molecule has 2 rings (SSSR count). The average Bonchev–Trinajstić information content (AvgIpc) is 2.72. The molecule has 0 saturated heterocycles. The maximum absolute atomic E-state index is 11.9. The summed E-state index contributed by atoms with van der Waals surface area (Å²) in [7, 11) is 1.79. The van der Waals surface area contributed by atoms with Gasteiger partial charge in [-0.2, -0.15) is 0 Å². The van der Waals surface area contributed by atoms with Gasteiger partial charge in [0.25, 0.3) is 0 Å². The topological polar surface area (TPSA) is 71.0 Å². The largest absolute Gasteiger partial charge is 0.454 e. The predicted molar refractivity (Wildman–Crippen MR) is 75.0 cm³/mol. The smallest absolute Gasteiger partial charge is 0.238 e. The molecule has 0 saturated carbocycles. The third-order valence-corrected chi connectivity index (χ3v) is 2.73. The summed E-state index contributed by atoms with van der Waals surface area (Å²) < 4.78 is 10.5. The van der Waals surface area contributed by atoms with Crippen molar-refractivity contribution in [3.05, 3.63) is 18.2 Å². The Labute approximate surface area is 118 Å². The number of amides is 1. The zero-order valence-corrected chi connectivity index (χ0v) is 12.0. The quantitative estimate of drug-likeness (QED) is 0.844. The lowest BCUT2D eigenvalue weighted by atomic mass is 10.1. The first-order valence-corrected chi connectivity index (χ1v) is 6.44. The fourth-order valence-corrected chi connectivity index (χ4v) is 2.14. The molecule has 1 aliphatic rings. The molecule has 0 atom stereocenters. The summed E-state index contributed by atoms with van der Waals surface area (Å²) in [5.41, 5.74) is -0.163. The number of nitrogens with one attached hydrogen (secondary N) is 1. The van der Waals surface area contributed by atoms with Gasteiger partial charge in [-0.1, -0.05) is 0 Å². The second kappa shape index (κ2) is 5.68. The van der Waals surface area contributed by atoms with Crippen LogP contribution >= 0.6 is 0 Å². The first-order valence-electron chi connectivity index (χ1n) is 6.44. The Morgan fingerprint density at radius 2 is 2.10 bits per heavy atom. The number of ether oxygens (including phenoxy) is 2. The van der Waals surface area contributed by atoms with Crippen LogP contribution in [0.25, 0.3) is 0 Å². The maximum atomic E-state index is 11.9. The highest BCUT2D eigenvalue weighted by atomic mass is 16.7. The van der Waals surface area contributed by atoms with Crippen LogP contribution in [-0.2, 0) is 4.79 Å². The van der Waals surface area contributed by atoms with Crippen molar-refractivity contribution in [2.75, 3.05) is 32.2 Å². The highest BCUT2D eigenvalue weighted by molar-refractivity contribution is 5.92. The van der Waals surface area contributed by atoms with Crippen LogP contribution in [0.15, 0.2) is 18.2 Å². The standard InChI is InChI=1S/C14H20N2O4/c1-14(2,18)8-16(3)7-13(17)15-10-4-5-11-12(6-10)20-9-19-11/h4-6,18H,7-9H2,1-3H3,(H,15,17). The van der Waals surface area contributed by atoms with Crippen LogP contribution in [0, 0.1) is 0 Å². The lowest BCUT2D eigenvalue weighted by Gasteiger charge is -2.24. The molecule has 6 heteroatoms. The number of hydrogen-bond donors (Lipinski definition) is 2. The Kier molecular flexibility index (Phi) is 4.15. The molecule has 20 heavy (non-hydrogen) atoms. The molecule has 110 valence electrons. The summed E-state index contributed by atoms with van der Waals surface area (Å²) in [6.07, 6.45) is 0. The van der Waals surface area contributed by atoms with E-state index in [9.17, 15) is 9.90 Å². The van der Waals surface area contributed by atoms with Gasteiger partial charge in [-0.25, -0.2) is 0 Å². The molecule has 1 heterocycles. The van der Waals surface area contributed by atoms with Gasteiger partial charge in [0.15, 0.2) is 11.5 Å². The summed E-state index contributed by atoms with van der Waals surface area (Å²) in [6, 6.07) is 5.26. The predicted octanol–water partition coefficient (Wildman–Crippen LogP) is 1.06. The van der Waals surface area contributed by atoms with Crippen molar-refractivity contribution in [2.24, 2.45) is 0 Å². The number of nitrogens with zero attached hydrogens (tertiary/aromatic N) is 1. The highest BCUT2D eigenvalue weighted by Crippen LogP contribution is 2.34. The number of carbonyl (C=O) groups excluding carboxylic acids is 1. The van der Waals surface area contributed by atoms with Gasteiger partial charge in [-0.15, -0.1) is 0 Å². The molecule has 0 unspecified atom stereocenters. The summed E-state index contributed by atoms with van der Waals surface area (Å²) in [5.74, 6) is 1.17. The van der Waals surface area contributed by atoms with Crippen LogP contribution in [0.1, 0.15) is 13.8 Å². The SMILES string of the molecule is CN(CC(=O)Nc1ccc2c(c1)OCO2)CC(C)(C)O. The Morgan fingerprint density at radius 3 is 2.80 bits per heavy atom. The summed E-state index contributed by atoms with van der Waals surface area (Å²) >= 11 is 0. The third kappa shape index (κ3) is 4.11. The Hall–Kier alpha value is -1.79. The van der Waals surface area contributed by atoms with Crippen LogP contribution in [0.5, 0.6) is 11.5 Å². The molecule has 0 spiro atoms. The number of carbonyl (C=O) groups is 1. The zero-order chi connectivity index (χ0) is 14.8. The number of benzene rings is 1. The minimum atomic E-state index is -0.826. The van der Waals surface area contributed by atoms with Crippen molar-refractivity contribution in [1.82, 2.24) is 4.90 Å². The Bertz CT molecular complexity index is 496. The number of aliphatic hydroxyl groups is 1. The normalized spacial score (nSPS) is 13.7. The van der Waals surface area contributed by atoms with E-state index in [-0.39, 0.29) is 19.2 Å². The van der Waals surface area contributed by atoms with Crippen LogP contribution in [0.4, 0.5) is 5.69 Å². The summed E-state index contributed by atoms with van der Waals surface area (Å²) in [6.45, 7) is 4.25. The third-order valence-electron chi connectivity index (χ3n) is 2.73. The van der Waals surface area contributed by atoms with E-state index in [0.29, 0.717) is 23.7 Å². The number of rotatable bonds is 5. The average molecular weight is 280 g/mol. The van der Waals surface area contributed by atoms with E-state index in [4.69, 9.17) is 9.47 Å². The molecule has 2 N–H and O–H groups in total. The first kappa shape index (κ1) is 14.6. The Balaban J connectivity index is 1.88. The van der Waals surface area contributed by atoms with Gasteiger partial charge >= 0.3 is 0 Å². The minimum absolute atomic E-state index is 0.143. The van der Waals surface area contributed by atoms with Gasteiger partial charge in [0.2, 0.25) is 12.7 Å². The molecular formula is C14H20N2O4. The van der Waals surface area contributed by atoms with Crippen molar-refractivity contribution >= 4 is 11.6 Å². The van der Waals surface area contributed by atoms with Crippen molar-refractivity contribution < 1.29 is 19.4 Å². The molecule has 1 aromatic carbocycles. The van der Waals surface area contributed by atoms with E-state index in [1.54, 1.807) is 44.0 Å². The lowest BCUT2D eigenvalue weighted by Crippen LogP contribution is -2.40. The van der Waals surface area contributed by atoms with Gasteiger partial charge < -0.3 is 19.9 Å². The first-order chi connectivity index (χ1) is 9.33. The Morgan fingerprint density at radius 1 is 1.40 bits per heavy atom. The molecule has 0 fully saturated rings. The number of anilines is 1. The van der Waals surface area contributed by atoms with Crippen LogP contribution < -0.4 is 14.8 Å². The minimum Gasteiger partial charge on any atom is -0.454 e. The van der Waals surface area contributed by atoms with E-state index >= 15 is 0 Å². The molecule has 0 aromatic heterocycles. The molecular weight excluding hydrogens is 260 g/mol. The van der Waals surface area contributed by atoms with Crippen molar-refractivity contribution in [2.45, 2.75) is 19.4 Å². The highest BCUT2D eigenvalue weighted by Gasteiger charge is 2.18. The molecule has 1 amide bonds. The van der Waals surface area contributed by atoms with Crippen molar-refractivity contribution in [3.63, 3.8) is 0 Å². The fraction of sp³-hybridized carbons (Fsp3) is 0.500. The van der Waals surface area contributed by atoms with Gasteiger partial charge in [0.1, 0.15) is 0 Å². The van der Waals surface area contributed by atoms with Crippen molar-refractivity contribution in [1.29, 1.82) is 0 Å². The maximum Gasteiger partial charge on any atom is 0.238 e. The molecule has 0 bridgehead atoms. The second-order valence-corrected chi connectivity index (χ2v) is 5.60. The van der Waals surface area contributed by atoms with Gasteiger partial charge in [0, 0.05) is 18.3 Å². The molecule has 1 aromatic rings. The molecule has 0 radical (unpaired) electrons. The second-order valence-electron chi connectivity index (χ2n) is 5.60. The number of hydrogen-bond acceptors (Lipinski definition) is 5. The van der Waals surface area contributed by atoms with E-state index in [0.717, 1.165) is 0 Å². The van der Waals surface area contributed by atoms with Crippen LogP contribution in [0.3, 0.4) is 0 Å². The van der Waals surface area contributed by atoms with Gasteiger partial charge in [-0.3, -0.25) is 9.69 Å². The number of fused-ring (bicyclic) bond motifs is 1. The van der Waals surface area contributed by atoms with Crippen LogP contribution in [0.2, 0.25) is 0 Å². The van der Waals surface area contributed by atoms with Gasteiger partial charge in [-0.05, 0) is 33.0 Å². The summed E-state index contributed by atoms with van der Waals surface area (Å²) in [4.78, 5) is 13.7. The fourth-order valence-electron chi connectivity index (χ4n) is 2.14. The van der Waals surface area contributed by atoms with Gasteiger partial charge in [0.05, 0.1) is 12.1 Å². The molecule has 6 nitrogen and oxygen atoms in total. The molecule has 0 aliphatic carbocycles. The van der Waals surface area contributed by atoms with Crippen LogP contribution in [-0.4, -0.2) is 48.4 Å².